The van der Waals surface area contributed by atoms with Crippen LogP contribution in [0.2, 0.25) is 0 Å². The van der Waals surface area contributed by atoms with E-state index in [1.54, 1.807) is 6.20 Å². The second kappa shape index (κ2) is 4.18. The van der Waals surface area contributed by atoms with Gasteiger partial charge in [0.1, 0.15) is 10.4 Å². The van der Waals surface area contributed by atoms with Crippen molar-refractivity contribution < 1.29 is 4.79 Å². The maximum atomic E-state index is 11.1. The van der Waals surface area contributed by atoms with Gasteiger partial charge in [-0.25, -0.2) is 4.98 Å². The first kappa shape index (κ1) is 10.4. The summed E-state index contributed by atoms with van der Waals surface area (Å²) >= 11 is 3.43. The Morgan fingerprint density at radius 1 is 1.80 bits per heavy atom. The zero-order valence-electron chi connectivity index (χ0n) is 8.24. The Hall–Kier alpha value is -1.10. The molecule has 1 amide bonds. The summed E-state index contributed by atoms with van der Waals surface area (Å²) in [6.45, 7) is 4.21. The van der Waals surface area contributed by atoms with Crippen molar-refractivity contribution in [3.05, 3.63) is 29.3 Å². The molecule has 0 aliphatic carbocycles. The first-order valence-electron chi connectivity index (χ1n) is 4.83. The number of hydrogen-bond donors (Lipinski definition) is 1. The Labute approximate surface area is 96.5 Å². The Balaban J connectivity index is 2.08. The molecule has 80 valence electrons. The minimum Gasteiger partial charge on any atom is -0.348 e. The standard InChI is InChI=1S/C10H12BrN3O/c1-2-10(15)13-7-3-4-9-12-5-8(11)14(9)6-7/h2,5,7H,1,3-4,6H2,(H,13,15). The van der Waals surface area contributed by atoms with Crippen LogP contribution in [0, 0.1) is 0 Å². The van der Waals surface area contributed by atoms with Crippen LogP contribution in [0.15, 0.2) is 23.5 Å². The lowest BCUT2D eigenvalue weighted by Crippen LogP contribution is -2.40. The van der Waals surface area contributed by atoms with E-state index in [4.69, 9.17) is 0 Å². The lowest BCUT2D eigenvalue weighted by Gasteiger charge is -2.24. The van der Waals surface area contributed by atoms with Gasteiger partial charge in [0.2, 0.25) is 5.91 Å². The van der Waals surface area contributed by atoms with Crippen LogP contribution in [-0.4, -0.2) is 21.5 Å². The van der Waals surface area contributed by atoms with E-state index in [1.807, 2.05) is 0 Å². The lowest BCUT2D eigenvalue weighted by molar-refractivity contribution is -0.117. The molecule has 1 aliphatic heterocycles. The molecule has 0 fully saturated rings. The van der Waals surface area contributed by atoms with E-state index in [-0.39, 0.29) is 11.9 Å². The molecule has 0 radical (unpaired) electrons. The highest BCUT2D eigenvalue weighted by molar-refractivity contribution is 9.10. The topological polar surface area (TPSA) is 46.9 Å². The fraction of sp³-hybridized carbons (Fsp3) is 0.400. The third kappa shape index (κ3) is 2.12. The van der Waals surface area contributed by atoms with Crippen molar-refractivity contribution >= 4 is 21.8 Å². The number of nitrogens with zero attached hydrogens (tertiary/aromatic N) is 2. The number of nitrogens with one attached hydrogen (secondary N) is 1. The maximum Gasteiger partial charge on any atom is 0.243 e. The largest absolute Gasteiger partial charge is 0.348 e. The first-order chi connectivity index (χ1) is 7.20. The molecule has 0 bridgehead atoms. The second-order valence-electron chi connectivity index (χ2n) is 3.56. The molecule has 1 aliphatic rings. The quantitative estimate of drug-likeness (QED) is 0.822. The maximum absolute atomic E-state index is 11.1. The van der Waals surface area contributed by atoms with Gasteiger partial charge in [0.15, 0.2) is 0 Å². The van der Waals surface area contributed by atoms with E-state index >= 15 is 0 Å². The van der Waals surface area contributed by atoms with Crippen molar-refractivity contribution in [3.63, 3.8) is 0 Å². The molecule has 0 saturated heterocycles. The molecule has 2 rings (SSSR count). The summed E-state index contributed by atoms with van der Waals surface area (Å²) < 4.78 is 3.05. The van der Waals surface area contributed by atoms with Crippen molar-refractivity contribution in [3.8, 4) is 0 Å². The highest BCUT2D eigenvalue weighted by atomic mass is 79.9. The lowest BCUT2D eigenvalue weighted by atomic mass is 10.1. The first-order valence-corrected chi connectivity index (χ1v) is 5.63. The van der Waals surface area contributed by atoms with Gasteiger partial charge in [0.05, 0.1) is 6.20 Å². The fourth-order valence-corrected chi connectivity index (χ4v) is 2.23. The molecule has 1 N–H and O–H groups in total. The number of fused-ring (bicyclic) bond motifs is 1. The second-order valence-corrected chi connectivity index (χ2v) is 4.37. The SMILES string of the molecule is C=CC(=O)NC1CCc2ncc(Br)n2C1. The summed E-state index contributed by atoms with van der Waals surface area (Å²) in [4.78, 5) is 15.4. The number of imidazole rings is 1. The Kier molecular flexibility index (Phi) is 2.90. The smallest absolute Gasteiger partial charge is 0.243 e. The number of halogens is 1. The minimum absolute atomic E-state index is 0.111. The fourth-order valence-electron chi connectivity index (χ4n) is 1.78. The molecule has 1 unspecified atom stereocenters. The van der Waals surface area contributed by atoms with Crippen LogP contribution in [0.1, 0.15) is 12.2 Å². The van der Waals surface area contributed by atoms with Crippen molar-refractivity contribution in [2.45, 2.75) is 25.4 Å². The van der Waals surface area contributed by atoms with Crippen LogP contribution in [-0.2, 0) is 17.8 Å². The third-order valence-corrected chi connectivity index (χ3v) is 3.17. The van der Waals surface area contributed by atoms with Crippen LogP contribution in [0.3, 0.4) is 0 Å². The number of rotatable bonds is 2. The van der Waals surface area contributed by atoms with E-state index in [1.165, 1.54) is 6.08 Å². The normalized spacial score (nSPS) is 19.4. The van der Waals surface area contributed by atoms with Gasteiger partial charge in [-0.05, 0) is 28.4 Å². The molecule has 1 aromatic rings. The summed E-state index contributed by atoms with van der Waals surface area (Å²) in [5.41, 5.74) is 0. The number of aryl methyl sites for hydroxylation is 1. The molecule has 4 nitrogen and oxygen atoms in total. The van der Waals surface area contributed by atoms with Gasteiger partial charge in [-0.3, -0.25) is 4.79 Å². The average molecular weight is 270 g/mol. The van der Waals surface area contributed by atoms with Crippen molar-refractivity contribution in [1.29, 1.82) is 0 Å². The third-order valence-electron chi connectivity index (χ3n) is 2.54. The molecular weight excluding hydrogens is 258 g/mol. The number of amides is 1. The van der Waals surface area contributed by atoms with Crippen LogP contribution in [0.4, 0.5) is 0 Å². The van der Waals surface area contributed by atoms with E-state index < -0.39 is 0 Å². The number of hydrogen-bond acceptors (Lipinski definition) is 2. The molecular formula is C10H12BrN3O. The van der Waals surface area contributed by atoms with Crippen molar-refractivity contribution in [2.75, 3.05) is 0 Å². The molecule has 0 aromatic carbocycles. The van der Waals surface area contributed by atoms with E-state index in [9.17, 15) is 4.79 Å². The highest BCUT2D eigenvalue weighted by Crippen LogP contribution is 2.20. The molecule has 1 aromatic heterocycles. The summed E-state index contributed by atoms with van der Waals surface area (Å²) in [5.74, 6) is 0.964. The average Bonchev–Trinajstić information content (AvgIpc) is 2.60. The van der Waals surface area contributed by atoms with Crippen molar-refractivity contribution in [1.82, 2.24) is 14.9 Å². The summed E-state index contributed by atoms with van der Waals surface area (Å²) in [5, 5.41) is 2.90. The Morgan fingerprint density at radius 2 is 2.60 bits per heavy atom. The molecule has 15 heavy (non-hydrogen) atoms. The molecule has 5 heteroatoms. The number of carbonyl (C=O) groups excluding carboxylic acids is 1. The van der Waals surface area contributed by atoms with Gasteiger partial charge in [0.25, 0.3) is 0 Å². The van der Waals surface area contributed by atoms with Crippen LogP contribution < -0.4 is 5.32 Å². The van der Waals surface area contributed by atoms with Gasteiger partial charge in [0, 0.05) is 19.0 Å². The molecule has 1 atom stereocenters. The molecule has 0 spiro atoms. The van der Waals surface area contributed by atoms with Crippen LogP contribution in [0.25, 0.3) is 0 Å². The molecule has 0 saturated carbocycles. The predicted octanol–water partition coefficient (Wildman–Crippen LogP) is 1.26. The van der Waals surface area contributed by atoms with Crippen LogP contribution >= 0.6 is 15.9 Å². The summed E-state index contributed by atoms with van der Waals surface area (Å²) in [6, 6.07) is 0.175. The van der Waals surface area contributed by atoms with Crippen molar-refractivity contribution in [2.24, 2.45) is 0 Å². The summed E-state index contributed by atoms with van der Waals surface area (Å²) in [7, 11) is 0. The zero-order valence-corrected chi connectivity index (χ0v) is 9.83. The number of carbonyl (C=O) groups is 1. The summed E-state index contributed by atoms with van der Waals surface area (Å²) in [6.07, 6.45) is 4.93. The van der Waals surface area contributed by atoms with E-state index in [0.717, 1.165) is 29.8 Å². The molecule has 2 heterocycles. The zero-order chi connectivity index (χ0) is 10.8. The number of aromatic nitrogens is 2. The van der Waals surface area contributed by atoms with E-state index in [0.29, 0.717) is 0 Å². The van der Waals surface area contributed by atoms with Crippen LogP contribution in [0.5, 0.6) is 0 Å². The van der Waals surface area contributed by atoms with Gasteiger partial charge in [-0.1, -0.05) is 6.58 Å². The Bertz CT molecular complexity index is 399. The Morgan fingerprint density at radius 3 is 3.33 bits per heavy atom. The predicted molar refractivity (Wildman–Crippen MR) is 60.4 cm³/mol. The van der Waals surface area contributed by atoms with Gasteiger partial charge < -0.3 is 9.88 Å². The monoisotopic (exact) mass is 269 g/mol. The minimum atomic E-state index is -0.111. The van der Waals surface area contributed by atoms with Gasteiger partial charge >= 0.3 is 0 Å². The van der Waals surface area contributed by atoms with Gasteiger partial charge in [-0.15, -0.1) is 0 Å². The highest BCUT2D eigenvalue weighted by Gasteiger charge is 2.21. The van der Waals surface area contributed by atoms with Gasteiger partial charge in [-0.2, -0.15) is 0 Å². The van der Waals surface area contributed by atoms with E-state index in [2.05, 4.69) is 37.4 Å².